The minimum Gasteiger partial charge on any atom is -0.493 e. The Morgan fingerprint density at radius 2 is 0.712 bits per heavy atom. The van der Waals surface area contributed by atoms with E-state index in [-0.39, 0.29) is 36.8 Å². The van der Waals surface area contributed by atoms with E-state index in [0.717, 1.165) is 0 Å². The quantitative estimate of drug-likeness (QED) is 0.0417. The first-order chi connectivity index (χ1) is 31.7. The minimum atomic E-state index is -1.70. The van der Waals surface area contributed by atoms with E-state index in [1.807, 2.05) is 64.1 Å². The van der Waals surface area contributed by atoms with Gasteiger partial charge in [0.05, 0.1) is 39.3 Å². The van der Waals surface area contributed by atoms with Crippen molar-refractivity contribution >= 4 is 35.7 Å². The van der Waals surface area contributed by atoms with Crippen molar-refractivity contribution in [1.29, 1.82) is 0 Å². The maximum atomic E-state index is 14.0. The summed E-state index contributed by atoms with van der Waals surface area (Å²) in [6.45, 7) is 9.20. The van der Waals surface area contributed by atoms with Gasteiger partial charge < -0.3 is 50.0 Å². The van der Waals surface area contributed by atoms with Crippen molar-refractivity contribution in [1.82, 2.24) is 10.6 Å². The number of carboxylic acid groups (broad SMARTS) is 4. The van der Waals surface area contributed by atoms with Crippen LogP contribution in [0.15, 0.2) is 60.7 Å². The lowest BCUT2D eigenvalue weighted by Gasteiger charge is -2.24. The standard InChI is InChI=1S/C50H58N2O14/c1-5-15-63-43-29-11-9-12-30(43)20-34-24-38(48(58)52-40(50(61)62)28-42(55)56)26-36(46(34)66-18-8-4)22-32-14-10-13-31(44(32)64-16-6-2)21-35-25-37(23-33(19-29)45(35)65-17-7-3)47(57)51-39(49(59)60)27-41(53)54/h9-14,23-26,39-40H,5-8,15-22,27-28H2,1-4H3,(H,51,57)(H,52,58)(H,53,54)(H,55,56)(H,59,60)(H,61,62). The third-order valence-electron chi connectivity index (χ3n) is 10.7. The molecule has 2 atom stereocenters. The minimum absolute atomic E-state index is 0.0907. The van der Waals surface area contributed by atoms with Gasteiger partial charge in [-0.1, -0.05) is 64.1 Å². The second-order valence-corrected chi connectivity index (χ2v) is 16.1. The van der Waals surface area contributed by atoms with Crippen molar-refractivity contribution in [3.8, 4) is 23.0 Å². The highest BCUT2D eigenvalue weighted by molar-refractivity contribution is 5.99. The van der Waals surface area contributed by atoms with Crippen LogP contribution in [0.3, 0.4) is 0 Å². The molecule has 0 aromatic heterocycles. The van der Waals surface area contributed by atoms with Crippen LogP contribution in [-0.4, -0.2) is 94.6 Å². The number of carbonyl (C=O) groups is 6. The maximum Gasteiger partial charge on any atom is 0.326 e. The molecule has 6 N–H and O–H groups in total. The summed E-state index contributed by atoms with van der Waals surface area (Å²) < 4.78 is 26.1. The largest absolute Gasteiger partial charge is 0.493 e. The van der Waals surface area contributed by atoms with Crippen LogP contribution < -0.4 is 29.6 Å². The molecule has 0 fully saturated rings. The van der Waals surface area contributed by atoms with Crippen LogP contribution in [0.2, 0.25) is 0 Å². The second kappa shape index (κ2) is 23.7. The van der Waals surface area contributed by atoms with E-state index in [9.17, 15) is 49.2 Å². The van der Waals surface area contributed by atoms with Crippen molar-refractivity contribution in [3.05, 3.63) is 116 Å². The predicted octanol–water partition coefficient (Wildman–Crippen LogP) is 6.83. The highest BCUT2D eigenvalue weighted by Crippen LogP contribution is 2.40. The molecule has 352 valence electrons. The third kappa shape index (κ3) is 13.0. The number of rotatable bonds is 22. The Morgan fingerprint density at radius 1 is 0.455 bits per heavy atom. The van der Waals surface area contributed by atoms with Crippen molar-refractivity contribution in [3.63, 3.8) is 0 Å². The van der Waals surface area contributed by atoms with Crippen molar-refractivity contribution in [2.24, 2.45) is 0 Å². The first kappa shape index (κ1) is 49.9. The molecule has 1 aliphatic carbocycles. The number of ether oxygens (including phenoxy) is 4. The summed E-state index contributed by atoms with van der Waals surface area (Å²) in [4.78, 5) is 75.3. The van der Waals surface area contributed by atoms with Gasteiger partial charge in [-0.25, -0.2) is 9.59 Å². The number of benzene rings is 4. The monoisotopic (exact) mass is 910 g/mol. The SMILES string of the molecule is CCCOc1c2cccc1Cc1cc(C(=O)NC(CC(=O)O)C(=O)O)cc(c1OCCC)Cc1cccc(c1OCCC)Cc1cc(C(=O)NC(CC(=O)O)C(=O)O)cc(c1OCCC)C2. The Kier molecular flexibility index (Phi) is 17.9. The summed E-state index contributed by atoms with van der Waals surface area (Å²) in [5.41, 5.74) is 5.35. The summed E-state index contributed by atoms with van der Waals surface area (Å²) in [5.74, 6) is -5.27. The first-order valence-corrected chi connectivity index (χ1v) is 22.2. The van der Waals surface area contributed by atoms with Crippen molar-refractivity contribution in [2.45, 2.75) is 104 Å². The van der Waals surface area contributed by atoms with E-state index in [2.05, 4.69) is 10.6 Å². The molecule has 0 saturated heterocycles. The molecule has 66 heavy (non-hydrogen) atoms. The van der Waals surface area contributed by atoms with E-state index < -0.39 is 60.6 Å². The zero-order chi connectivity index (χ0) is 47.9. The van der Waals surface area contributed by atoms with E-state index in [1.54, 1.807) is 24.3 Å². The van der Waals surface area contributed by atoms with Gasteiger partial charge in [-0.2, -0.15) is 0 Å². The molecular formula is C50H58N2O14. The highest BCUT2D eigenvalue weighted by Gasteiger charge is 2.29. The van der Waals surface area contributed by atoms with Gasteiger partial charge in [0.25, 0.3) is 11.8 Å². The Labute approximate surface area is 383 Å². The molecule has 16 nitrogen and oxygen atoms in total. The number of amides is 2. The Hall–Kier alpha value is -7.10. The molecule has 16 heteroatoms. The lowest BCUT2D eigenvalue weighted by molar-refractivity contribution is -0.145. The number of carbonyl (C=O) groups excluding carboxylic acids is 2. The van der Waals surface area contributed by atoms with Gasteiger partial charge in [-0.05, 0) is 94.5 Å². The van der Waals surface area contributed by atoms with E-state index in [4.69, 9.17) is 18.9 Å². The van der Waals surface area contributed by atoms with Gasteiger partial charge in [-0.15, -0.1) is 0 Å². The van der Waals surface area contributed by atoms with E-state index in [1.165, 1.54) is 0 Å². The first-order valence-electron chi connectivity index (χ1n) is 22.2. The third-order valence-corrected chi connectivity index (χ3v) is 10.7. The van der Waals surface area contributed by atoms with Crippen LogP contribution >= 0.6 is 0 Å². The summed E-state index contributed by atoms with van der Waals surface area (Å²) in [6.07, 6.45) is 1.66. The van der Waals surface area contributed by atoms with Gasteiger partial charge in [0.2, 0.25) is 0 Å². The fourth-order valence-electron chi connectivity index (χ4n) is 7.74. The number of para-hydroxylation sites is 2. The van der Waals surface area contributed by atoms with Crippen LogP contribution in [0, 0.1) is 0 Å². The smallest absolute Gasteiger partial charge is 0.326 e. The molecule has 0 heterocycles. The molecule has 2 amide bonds. The van der Waals surface area contributed by atoms with Crippen molar-refractivity contribution in [2.75, 3.05) is 26.4 Å². The average Bonchev–Trinajstić information content (AvgIpc) is 3.26. The number of aliphatic carboxylic acids is 4. The fraction of sp³-hybridized carbons (Fsp3) is 0.400. The Morgan fingerprint density at radius 3 is 0.939 bits per heavy atom. The molecule has 8 bridgehead atoms. The second-order valence-electron chi connectivity index (χ2n) is 16.1. The van der Waals surface area contributed by atoms with Crippen LogP contribution in [0.25, 0.3) is 0 Å². The van der Waals surface area contributed by atoms with Gasteiger partial charge in [0.1, 0.15) is 35.1 Å². The molecule has 0 aliphatic heterocycles. The number of hydrogen-bond donors (Lipinski definition) is 6. The number of nitrogens with one attached hydrogen (secondary N) is 2. The summed E-state index contributed by atoms with van der Waals surface area (Å²) in [5, 5.41) is 43.3. The molecular weight excluding hydrogens is 853 g/mol. The Balaban J connectivity index is 1.84. The van der Waals surface area contributed by atoms with E-state index >= 15 is 0 Å². The lowest BCUT2D eigenvalue weighted by Crippen LogP contribution is -2.42. The zero-order valence-electron chi connectivity index (χ0n) is 37.7. The normalized spacial score (nSPS) is 12.8. The van der Waals surface area contributed by atoms with Crippen molar-refractivity contribution < 1.29 is 68.1 Å². The van der Waals surface area contributed by atoms with Gasteiger partial charge >= 0.3 is 23.9 Å². The van der Waals surface area contributed by atoms with Gasteiger partial charge in [0, 0.05) is 36.8 Å². The highest BCUT2D eigenvalue weighted by atomic mass is 16.5. The molecule has 2 unspecified atom stereocenters. The van der Waals surface area contributed by atoms with Crippen LogP contribution in [0.5, 0.6) is 23.0 Å². The van der Waals surface area contributed by atoms with Crippen LogP contribution in [-0.2, 0) is 44.9 Å². The van der Waals surface area contributed by atoms with Crippen LogP contribution in [0.4, 0.5) is 0 Å². The average molecular weight is 911 g/mol. The van der Waals surface area contributed by atoms with E-state index in [0.29, 0.717) is 120 Å². The number of carboxylic acids is 4. The topological polar surface area (TPSA) is 244 Å². The maximum absolute atomic E-state index is 14.0. The molecule has 0 radical (unpaired) electrons. The summed E-state index contributed by atoms with van der Waals surface area (Å²) in [7, 11) is 0. The molecule has 5 rings (SSSR count). The van der Waals surface area contributed by atoms with Gasteiger partial charge in [-0.3, -0.25) is 19.2 Å². The predicted molar refractivity (Wildman–Crippen MR) is 242 cm³/mol. The zero-order valence-corrected chi connectivity index (χ0v) is 37.7. The molecule has 4 aromatic rings. The molecule has 4 aromatic carbocycles. The number of hydrogen-bond acceptors (Lipinski definition) is 10. The van der Waals surface area contributed by atoms with Crippen LogP contribution in [0.1, 0.15) is 131 Å². The molecule has 0 spiro atoms. The Bertz CT molecular complexity index is 2170. The number of fused-ring (bicyclic) bond motifs is 8. The molecule has 0 saturated carbocycles. The fourth-order valence-corrected chi connectivity index (χ4v) is 7.74. The summed E-state index contributed by atoms with van der Waals surface area (Å²) in [6, 6.07) is 14.3. The van der Waals surface area contributed by atoms with Gasteiger partial charge in [0.15, 0.2) is 0 Å². The lowest BCUT2D eigenvalue weighted by atomic mass is 9.89. The molecule has 1 aliphatic rings. The summed E-state index contributed by atoms with van der Waals surface area (Å²) >= 11 is 0.